The summed E-state index contributed by atoms with van der Waals surface area (Å²) in [6.45, 7) is 17.9. The zero-order valence-electron chi connectivity index (χ0n) is 32.6. The fourth-order valence-electron chi connectivity index (χ4n) is 4.92. The van der Waals surface area contributed by atoms with Crippen LogP contribution in [0, 0.1) is 10.8 Å². The van der Waals surface area contributed by atoms with E-state index in [0.717, 1.165) is 45.2 Å². The normalized spacial score (nSPS) is 14.9. The molecule has 20 heteroatoms. The number of imide groups is 1. The third kappa shape index (κ3) is 16.4. The summed E-state index contributed by atoms with van der Waals surface area (Å²) in [5.41, 5.74) is -4.37. The van der Waals surface area contributed by atoms with Crippen LogP contribution in [0.15, 0.2) is 74.9 Å². The Morgan fingerprint density at radius 2 is 0.983 bits per heavy atom. The minimum Gasteiger partial charge on any atom is -0.462 e. The second-order valence-corrected chi connectivity index (χ2v) is 15.1. The Bertz CT molecular complexity index is 1510. The van der Waals surface area contributed by atoms with Crippen LogP contribution in [0.1, 0.15) is 13.8 Å². The number of rotatable bonds is 30. The van der Waals surface area contributed by atoms with Crippen LogP contribution in [0.5, 0.6) is 0 Å². The summed E-state index contributed by atoms with van der Waals surface area (Å²) >= 11 is -2.07. The van der Waals surface area contributed by atoms with E-state index in [1.54, 1.807) is 0 Å². The molecule has 0 spiro atoms. The van der Waals surface area contributed by atoms with Crippen molar-refractivity contribution in [2.24, 2.45) is 10.8 Å². The Morgan fingerprint density at radius 3 is 1.34 bits per heavy atom. The third-order valence-corrected chi connectivity index (χ3v) is 9.70. The van der Waals surface area contributed by atoms with E-state index in [0.29, 0.717) is 0 Å². The van der Waals surface area contributed by atoms with Gasteiger partial charge in [0.05, 0.1) is 18.6 Å². The Kier molecular flexibility index (Phi) is 21.6. The maximum atomic E-state index is 13.5. The van der Waals surface area contributed by atoms with Crippen LogP contribution in [0.2, 0.25) is 5.36 Å². The van der Waals surface area contributed by atoms with E-state index in [9.17, 15) is 47.6 Å². The summed E-state index contributed by atoms with van der Waals surface area (Å²) in [4.78, 5) is 88.1. The van der Waals surface area contributed by atoms with Gasteiger partial charge in [-0.3, -0.25) is 0 Å². The topological polar surface area (TPSA) is 248 Å². The summed E-state index contributed by atoms with van der Waals surface area (Å²) in [6.07, 6.45) is 1.54. The smallest absolute Gasteiger partial charge is 0.330 e. The van der Waals surface area contributed by atoms with Crippen molar-refractivity contribution < 1.29 is 94.4 Å². The monoisotopic (exact) mass is 867 g/mol. The van der Waals surface area contributed by atoms with Gasteiger partial charge in [-0.05, 0) is 0 Å². The van der Waals surface area contributed by atoms with Gasteiger partial charge in [-0.15, -0.1) is 0 Å². The number of aliphatic hydroxyl groups excluding tert-OH is 2. The molecule has 2 unspecified atom stereocenters. The molecule has 0 bridgehead atoms. The fourth-order valence-corrected chi connectivity index (χ4v) is 6.16. The summed E-state index contributed by atoms with van der Waals surface area (Å²) in [5, 5.41) is 22.7. The largest absolute Gasteiger partial charge is 0.462 e. The third-order valence-electron chi connectivity index (χ3n) is 8.08. The van der Waals surface area contributed by atoms with Crippen LogP contribution in [-0.2, 0) is 79.4 Å². The van der Waals surface area contributed by atoms with Gasteiger partial charge in [-0.1, -0.05) is 19.7 Å². The fraction of sp³-hybridized carbons (Fsp3) is 0.500. The molecule has 2 atom stereocenters. The Labute approximate surface area is 340 Å². The van der Waals surface area contributed by atoms with E-state index in [1.807, 2.05) is 0 Å². The van der Waals surface area contributed by atoms with Crippen molar-refractivity contribution in [2.75, 3.05) is 72.6 Å². The molecule has 2 N–H and O–H groups in total. The number of carbonyl (C=O) groups is 7. The number of urea groups is 1. The first-order valence-electron chi connectivity index (χ1n) is 17.3. The van der Waals surface area contributed by atoms with Gasteiger partial charge in [-0.2, -0.15) is 0 Å². The number of hydrogen-bond acceptors (Lipinski definition) is 17. The maximum absolute atomic E-state index is 13.5. The van der Waals surface area contributed by atoms with E-state index in [1.165, 1.54) is 13.8 Å². The molecule has 325 valence electrons. The Hall–Kier alpha value is -5.12. The molecule has 1 aliphatic heterocycles. The van der Waals surface area contributed by atoms with Crippen LogP contribution >= 0.6 is 0 Å². The molecular weight excluding hydrogens is 815 g/mol. The molecule has 0 aliphatic carbocycles. The molecule has 0 saturated carbocycles. The summed E-state index contributed by atoms with van der Waals surface area (Å²) in [6, 6.07) is -0.864. The van der Waals surface area contributed by atoms with Gasteiger partial charge >= 0.3 is 226 Å². The zero-order valence-corrected chi connectivity index (χ0v) is 33.6. The van der Waals surface area contributed by atoms with Crippen molar-refractivity contribution in [3.8, 4) is 0 Å². The molecule has 58 heavy (non-hydrogen) atoms. The summed E-state index contributed by atoms with van der Waals surface area (Å²) < 4.78 is 49.7. The molecule has 1 heterocycles. The van der Waals surface area contributed by atoms with Gasteiger partial charge in [0, 0.05) is 18.2 Å². The van der Waals surface area contributed by atoms with Crippen LogP contribution in [-0.4, -0.2) is 152 Å². The van der Waals surface area contributed by atoms with Gasteiger partial charge in [0.15, 0.2) is 0 Å². The first-order chi connectivity index (χ1) is 27.3. The quantitative estimate of drug-likeness (QED) is 0.0441. The summed E-state index contributed by atoms with van der Waals surface area (Å²) in [7, 11) is 0. The van der Waals surface area contributed by atoms with E-state index in [4.69, 9.17) is 33.2 Å². The van der Waals surface area contributed by atoms with Crippen LogP contribution in [0.3, 0.4) is 0 Å². The number of aliphatic hydroxyl groups is 2. The molecule has 0 aromatic heterocycles. The molecule has 1 saturated heterocycles. The molecule has 1 aliphatic rings. The number of amides is 3. The first-order valence-corrected chi connectivity index (χ1v) is 19.0. The molecule has 0 aromatic carbocycles. The molecule has 19 nitrogen and oxygen atoms in total. The molecular formula is C38H52CoN2O17. The Morgan fingerprint density at radius 1 is 0.638 bits per heavy atom. The van der Waals surface area contributed by atoms with Crippen LogP contribution in [0.25, 0.3) is 0 Å². The number of hydrogen-bond donors (Lipinski definition) is 2. The van der Waals surface area contributed by atoms with E-state index >= 15 is 0 Å². The molecule has 1 fully saturated rings. The van der Waals surface area contributed by atoms with Gasteiger partial charge in [0.1, 0.15) is 19.8 Å². The predicted octanol–water partition coefficient (Wildman–Crippen LogP) is 0.929. The van der Waals surface area contributed by atoms with Crippen molar-refractivity contribution in [1.29, 1.82) is 0 Å². The van der Waals surface area contributed by atoms with Gasteiger partial charge in [0.2, 0.25) is 0 Å². The van der Waals surface area contributed by atoms with E-state index in [-0.39, 0.29) is 12.0 Å². The SMILES string of the molecule is C=CC(=O)OCC(COCC(O)CN1C(=O)N(CC(O)COCC(COC(=O)C=C)(COC(=O)C=C)[CH2][Co](=[O])[CH]=C)C(=O)C1(C)C)(COC(=O)C=C)COC(=O)C=C. The first kappa shape index (κ1) is 50.9. The van der Waals surface area contributed by atoms with E-state index in [2.05, 4.69) is 39.5 Å². The average molecular weight is 868 g/mol. The van der Waals surface area contributed by atoms with E-state index < -0.39 is 150 Å². The maximum Gasteiger partial charge on any atom is 0.330 e. The number of nitrogens with zero attached hydrogens (tertiary/aromatic N) is 2. The minimum atomic E-state index is -2.07. The number of ether oxygens (including phenoxy) is 7. The molecule has 3 amide bonds. The summed E-state index contributed by atoms with van der Waals surface area (Å²) in [5.74, 6) is -4.89. The molecule has 0 aromatic rings. The van der Waals surface area contributed by atoms with Gasteiger partial charge < -0.3 is 24.1 Å². The second-order valence-electron chi connectivity index (χ2n) is 13.3. The molecule has 0 radical (unpaired) electrons. The van der Waals surface area contributed by atoms with Crippen LogP contribution < -0.4 is 0 Å². The zero-order chi connectivity index (χ0) is 44.1. The average Bonchev–Trinajstić information content (AvgIpc) is 3.36. The van der Waals surface area contributed by atoms with Crippen molar-refractivity contribution in [3.63, 3.8) is 0 Å². The number of β-amino-alcohol motifs (C(OH)–C–C–N with tert-alkyl or cyclic N) is 2. The second kappa shape index (κ2) is 24.6. The number of esters is 5. The number of carbonyl (C=O) groups excluding carboxylic acids is 7. The van der Waals surface area contributed by atoms with Crippen molar-refractivity contribution in [3.05, 3.63) is 74.9 Å². The minimum absolute atomic E-state index is 0.206. The van der Waals surface area contributed by atoms with Crippen LogP contribution in [0.4, 0.5) is 4.79 Å². The van der Waals surface area contributed by atoms with Crippen molar-refractivity contribution >= 4 is 41.8 Å². The predicted molar refractivity (Wildman–Crippen MR) is 198 cm³/mol. The Balaban J connectivity index is 3.08. The van der Waals surface area contributed by atoms with Crippen molar-refractivity contribution in [1.82, 2.24) is 9.80 Å². The van der Waals surface area contributed by atoms with Crippen molar-refractivity contribution in [2.45, 2.75) is 36.9 Å². The standard InChI is InChI=1S/C36H49N2O16.C2H3.Co.O/c1-9-27(41)50-19-35(8,20-51-28(42)10-2)18-48-16-25(39)14-37-32(46)34(6,7)38(33(37)47)15-26(40)17-49-21-36(22-52-29(43)11-3,23-53-30(44)12-4)24-54-31(45)13-5;1-2;;/h9-13,25-26,39-40H,1-5,8,14-24H2,6-7H3;1H,2H2;;. The molecule has 1 rings (SSSR count). The van der Waals surface area contributed by atoms with Gasteiger partial charge in [0.25, 0.3) is 0 Å². The van der Waals surface area contributed by atoms with Gasteiger partial charge in [-0.25, -0.2) is 14.4 Å².